The quantitative estimate of drug-likeness (QED) is 0.370. The van der Waals surface area contributed by atoms with Crippen LogP contribution in [0.1, 0.15) is 0 Å². The summed E-state index contributed by atoms with van der Waals surface area (Å²) in [6.07, 6.45) is 0. The van der Waals surface area contributed by atoms with Crippen molar-refractivity contribution in [2.75, 3.05) is 0 Å². The van der Waals surface area contributed by atoms with Gasteiger partial charge in [-0.25, -0.2) is 4.57 Å². The van der Waals surface area contributed by atoms with Gasteiger partial charge in [0, 0.05) is 5.56 Å². The van der Waals surface area contributed by atoms with Crippen molar-refractivity contribution < 1.29 is 18.5 Å². The zero-order valence-electron chi connectivity index (χ0n) is 15.5. The highest BCUT2D eigenvalue weighted by atomic mass is 31.2. The molecule has 4 aromatic carbocycles. The Hall–Kier alpha value is -3.33. The second-order valence-electron chi connectivity index (χ2n) is 6.37. The topological polar surface area (TPSA) is 55.8 Å². The van der Waals surface area contributed by atoms with Crippen LogP contribution in [0.5, 0.6) is 11.5 Å². The Morgan fingerprint density at radius 1 is 0.552 bits per heavy atom. The van der Waals surface area contributed by atoms with Gasteiger partial charge in [0.05, 0.1) is 0 Å². The summed E-state index contributed by atoms with van der Waals surface area (Å²) < 4.78 is 23.3. The first-order valence-corrected chi connectivity index (χ1v) is 10.6. The maximum atomic E-state index is 12.6. The molecule has 4 aromatic rings. The summed E-state index contributed by atoms with van der Waals surface area (Å²) in [4.78, 5) is 10.3. The maximum absolute atomic E-state index is 12.6. The molecule has 0 spiro atoms. The molecule has 0 fully saturated rings. The van der Waals surface area contributed by atoms with Crippen LogP contribution in [0.15, 0.2) is 109 Å². The molecule has 29 heavy (non-hydrogen) atoms. The SMILES string of the molecule is O=P(O)(Oc1ccccc1)Oc1ccccc1-c1ccccc1-c1ccccc1. The molecule has 0 saturated carbocycles. The molecule has 1 atom stereocenters. The van der Waals surface area contributed by atoms with Crippen molar-refractivity contribution in [1.82, 2.24) is 0 Å². The lowest BCUT2D eigenvalue weighted by atomic mass is 9.94. The number of para-hydroxylation sites is 2. The number of phosphoric ester groups is 1. The van der Waals surface area contributed by atoms with Gasteiger partial charge in [0.25, 0.3) is 0 Å². The van der Waals surface area contributed by atoms with Gasteiger partial charge in [-0.1, -0.05) is 91.0 Å². The third-order valence-corrected chi connectivity index (χ3v) is 5.24. The van der Waals surface area contributed by atoms with Gasteiger partial charge in [-0.2, -0.15) is 0 Å². The van der Waals surface area contributed by atoms with E-state index in [1.54, 1.807) is 42.5 Å². The highest BCUT2D eigenvalue weighted by Gasteiger charge is 2.27. The Bertz CT molecular complexity index is 1140. The Labute approximate surface area is 169 Å². The van der Waals surface area contributed by atoms with E-state index in [1.165, 1.54) is 0 Å². The standard InChI is InChI=1S/C24H19O4P/c25-29(26,27-20-13-5-2-6-14-20)28-24-18-10-9-17-23(24)22-16-8-7-15-21(22)19-11-3-1-4-12-19/h1-18H,(H,25,26). The van der Waals surface area contributed by atoms with Crippen molar-refractivity contribution in [3.63, 3.8) is 0 Å². The molecule has 0 heterocycles. The Morgan fingerprint density at radius 3 is 1.76 bits per heavy atom. The smallest absolute Gasteiger partial charge is 0.395 e. The van der Waals surface area contributed by atoms with Crippen molar-refractivity contribution in [2.45, 2.75) is 0 Å². The fraction of sp³-hybridized carbons (Fsp3) is 0. The van der Waals surface area contributed by atoms with E-state index < -0.39 is 7.82 Å². The normalized spacial score (nSPS) is 12.7. The summed E-state index contributed by atoms with van der Waals surface area (Å²) in [6, 6.07) is 33.4. The summed E-state index contributed by atoms with van der Waals surface area (Å²) in [6.45, 7) is 0. The average molecular weight is 402 g/mol. The first-order chi connectivity index (χ1) is 14.1. The third kappa shape index (κ3) is 4.57. The minimum atomic E-state index is -4.37. The molecule has 0 radical (unpaired) electrons. The van der Waals surface area contributed by atoms with Gasteiger partial charge in [0.15, 0.2) is 0 Å². The second kappa shape index (κ2) is 8.36. The van der Waals surface area contributed by atoms with Crippen LogP contribution in [0, 0.1) is 0 Å². The third-order valence-electron chi connectivity index (χ3n) is 4.37. The molecular formula is C24H19O4P. The van der Waals surface area contributed by atoms with E-state index in [2.05, 4.69) is 0 Å². The molecule has 0 aliphatic heterocycles. The lowest BCUT2D eigenvalue weighted by molar-refractivity contribution is 0.291. The minimum absolute atomic E-state index is 0.264. The first-order valence-electron chi connectivity index (χ1n) is 9.13. The molecule has 0 saturated heterocycles. The molecule has 144 valence electrons. The van der Waals surface area contributed by atoms with Crippen LogP contribution in [0.2, 0.25) is 0 Å². The maximum Gasteiger partial charge on any atom is 0.584 e. The van der Waals surface area contributed by atoms with Gasteiger partial charge in [-0.15, -0.1) is 0 Å². The summed E-state index contributed by atoms with van der Waals surface area (Å²) in [7, 11) is -4.37. The van der Waals surface area contributed by atoms with Crippen molar-refractivity contribution in [3.05, 3.63) is 109 Å². The van der Waals surface area contributed by atoms with E-state index in [1.807, 2.05) is 66.7 Å². The predicted molar refractivity (Wildman–Crippen MR) is 115 cm³/mol. The van der Waals surface area contributed by atoms with E-state index in [0.29, 0.717) is 5.56 Å². The number of hydrogen-bond donors (Lipinski definition) is 1. The zero-order chi connectivity index (χ0) is 20.1. The van der Waals surface area contributed by atoms with Crippen molar-refractivity contribution >= 4 is 7.82 Å². The summed E-state index contributed by atoms with van der Waals surface area (Å²) in [5, 5.41) is 0. The van der Waals surface area contributed by atoms with Gasteiger partial charge in [-0.05, 0) is 34.9 Å². The molecule has 5 heteroatoms. The van der Waals surface area contributed by atoms with Crippen LogP contribution >= 0.6 is 7.82 Å². The zero-order valence-corrected chi connectivity index (χ0v) is 16.4. The molecule has 0 amide bonds. The molecule has 0 aliphatic rings. The van der Waals surface area contributed by atoms with Gasteiger partial charge in [0.1, 0.15) is 11.5 Å². The van der Waals surface area contributed by atoms with Crippen LogP contribution in [0.3, 0.4) is 0 Å². The van der Waals surface area contributed by atoms with Crippen LogP contribution in [-0.2, 0) is 4.57 Å². The van der Waals surface area contributed by atoms with E-state index in [0.717, 1.165) is 16.7 Å². The van der Waals surface area contributed by atoms with E-state index in [-0.39, 0.29) is 11.5 Å². The number of benzene rings is 4. The largest absolute Gasteiger partial charge is 0.584 e. The lowest BCUT2D eigenvalue weighted by Gasteiger charge is -2.17. The highest BCUT2D eigenvalue weighted by molar-refractivity contribution is 7.48. The van der Waals surface area contributed by atoms with Gasteiger partial charge >= 0.3 is 7.82 Å². The minimum Gasteiger partial charge on any atom is -0.395 e. The summed E-state index contributed by atoms with van der Waals surface area (Å²) in [5.74, 6) is 0.540. The predicted octanol–water partition coefficient (Wildman–Crippen LogP) is 6.58. The molecule has 0 aliphatic carbocycles. The van der Waals surface area contributed by atoms with Crippen LogP contribution in [0.4, 0.5) is 0 Å². The van der Waals surface area contributed by atoms with Crippen LogP contribution in [-0.4, -0.2) is 4.89 Å². The summed E-state index contributed by atoms with van der Waals surface area (Å²) in [5.41, 5.74) is 3.65. The van der Waals surface area contributed by atoms with E-state index in [9.17, 15) is 9.46 Å². The lowest BCUT2D eigenvalue weighted by Crippen LogP contribution is -2.01. The average Bonchev–Trinajstić information content (AvgIpc) is 2.75. The molecule has 0 aromatic heterocycles. The van der Waals surface area contributed by atoms with E-state index in [4.69, 9.17) is 9.05 Å². The number of phosphoric acid groups is 1. The summed E-state index contributed by atoms with van der Waals surface area (Å²) >= 11 is 0. The highest BCUT2D eigenvalue weighted by Crippen LogP contribution is 2.47. The molecular weight excluding hydrogens is 383 g/mol. The molecule has 4 rings (SSSR count). The van der Waals surface area contributed by atoms with Crippen molar-refractivity contribution in [1.29, 1.82) is 0 Å². The Morgan fingerprint density at radius 2 is 1.07 bits per heavy atom. The molecule has 1 unspecified atom stereocenters. The van der Waals surface area contributed by atoms with Gasteiger partial charge in [-0.3, -0.25) is 4.89 Å². The fourth-order valence-corrected chi connectivity index (χ4v) is 3.95. The van der Waals surface area contributed by atoms with Gasteiger partial charge in [0.2, 0.25) is 0 Å². The van der Waals surface area contributed by atoms with Crippen LogP contribution in [0.25, 0.3) is 22.3 Å². The first kappa shape index (κ1) is 19.0. The molecule has 1 N–H and O–H groups in total. The second-order valence-corrected chi connectivity index (χ2v) is 7.67. The van der Waals surface area contributed by atoms with E-state index >= 15 is 0 Å². The van der Waals surface area contributed by atoms with Gasteiger partial charge < -0.3 is 9.05 Å². The fourth-order valence-electron chi connectivity index (χ4n) is 3.11. The monoisotopic (exact) mass is 402 g/mol. The molecule has 0 bridgehead atoms. The van der Waals surface area contributed by atoms with Crippen molar-refractivity contribution in [3.8, 4) is 33.8 Å². The van der Waals surface area contributed by atoms with Crippen LogP contribution < -0.4 is 9.05 Å². The Kier molecular flexibility index (Phi) is 5.48. The Balaban J connectivity index is 1.71. The number of rotatable bonds is 6. The molecule has 4 nitrogen and oxygen atoms in total. The van der Waals surface area contributed by atoms with Crippen molar-refractivity contribution in [2.24, 2.45) is 0 Å². The number of hydrogen-bond acceptors (Lipinski definition) is 3.